The van der Waals surface area contributed by atoms with E-state index in [-0.39, 0.29) is 23.3 Å². The first-order valence-electron chi connectivity index (χ1n) is 8.48. The summed E-state index contributed by atoms with van der Waals surface area (Å²) in [6.07, 6.45) is 0. The molecule has 0 spiro atoms. The third-order valence-corrected chi connectivity index (χ3v) is 4.07. The van der Waals surface area contributed by atoms with Gasteiger partial charge in [-0.05, 0) is 36.2 Å². The summed E-state index contributed by atoms with van der Waals surface area (Å²) < 4.78 is 0. The van der Waals surface area contributed by atoms with Gasteiger partial charge in [0.25, 0.3) is 11.8 Å². The maximum absolute atomic E-state index is 12.5. The van der Waals surface area contributed by atoms with Crippen LogP contribution in [0.2, 0.25) is 0 Å². The fraction of sp³-hybridized carbons (Fsp3) is 0.200. The highest BCUT2D eigenvalue weighted by Crippen LogP contribution is 2.26. The zero-order chi connectivity index (χ0) is 19.6. The summed E-state index contributed by atoms with van der Waals surface area (Å²) in [5, 5.41) is 14.3. The van der Waals surface area contributed by atoms with E-state index in [1.165, 1.54) is 17.0 Å². The number of anilines is 2. The Balaban J connectivity index is 1.76. The van der Waals surface area contributed by atoms with Crippen LogP contribution in [0, 0.1) is 17.2 Å². The van der Waals surface area contributed by atoms with Crippen LogP contribution in [0.4, 0.5) is 16.2 Å². The van der Waals surface area contributed by atoms with E-state index in [4.69, 9.17) is 5.26 Å². The lowest BCUT2D eigenvalue weighted by Gasteiger charge is -2.15. The van der Waals surface area contributed by atoms with Crippen LogP contribution in [-0.4, -0.2) is 29.3 Å². The molecule has 27 heavy (non-hydrogen) atoms. The van der Waals surface area contributed by atoms with Crippen molar-refractivity contribution in [1.29, 1.82) is 5.26 Å². The highest BCUT2D eigenvalue weighted by Gasteiger charge is 2.35. The molecule has 1 aliphatic rings. The quantitative estimate of drug-likeness (QED) is 0.813. The van der Waals surface area contributed by atoms with E-state index in [0.29, 0.717) is 29.0 Å². The lowest BCUT2D eigenvalue weighted by Crippen LogP contribution is -2.33. The summed E-state index contributed by atoms with van der Waals surface area (Å²) in [4.78, 5) is 38.3. The predicted molar refractivity (Wildman–Crippen MR) is 100 cm³/mol. The molecule has 0 saturated carbocycles. The predicted octanol–water partition coefficient (Wildman–Crippen LogP) is 3.45. The number of hydrogen-bond donors (Lipinski definition) is 2. The molecule has 0 aliphatic carbocycles. The van der Waals surface area contributed by atoms with Crippen molar-refractivity contribution in [3.8, 4) is 6.07 Å². The van der Waals surface area contributed by atoms with Gasteiger partial charge < -0.3 is 10.6 Å². The van der Waals surface area contributed by atoms with Crippen molar-refractivity contribution in [1.82, 2.24) is 4.90 Å². The van der Waals surface area contributed by atoms with E-state index < -0.39 is 6.03 Å². The minimum Gasteiger partial charge on any atom is -0.308 e. The van der Waals surface area contributed by atoms with Gasteiger partial charge in [-0.25, -0.2) is 4.79 Å². The molecule has 0 aromatic heterocycles. The lowest BCUT2D eigenvalue weighted by molar-refractivity contribution is 0.0636. The molecule has 0 radical (unpaired) electrons. The van der Waals surface area contributed by atoms with E-state index in [9.17, 15) is 14.4 Å². The highest BCUT2D eigenvalue weighted by molar-refractivity contribution is 6.22. The smallest absolute Gasteiger partial charge is 0.308 e. The first kappa shape index (κ1) is 18.1. The van der Waals surface area contributed by atoms with Gasteiger partial charge in [0, 0.05) is 12.2 Å². The van der Waals surface area contributed by atoms with Gasteiger partial charge in [0.1, 0.15) is 6.07 Å². The van der Waals surface area contributed by atoms with Gasteiger partial charge in [0.2, 0.25) is 0 Å². The molecular formula is C20H18N4O3. The van der Waals surface area contributed by atoms with E-state index in [1.54, 1.807) is 30.3 Å². The summed E-state index contributed by atoms with van der Waals surface area (Å²) in [5.74, 6) is -0.513. The third kappa shape index (κ3) is 3.65. The highest BCUT2D eigenvalue weighted by atomic mass is 16.2. The van der Waals surface area contributed by atoms with Crippen LogP contribution in [0.1, 0.15) is 40.1 Å². The Bertz CT molecular complexity index is 975. The summed E-state index contributed by atoms with van der Waals surface area (Å²) >= 11 is 0. The fourth-order valence-corrected chi connectivity index (χ4v) is 2.87. The number of nitriles is 1. The molecule has 1 aliphatic heterocycles. The van der Waals surface area contributed by atoms with Crippen LogP contribution in [0.5, 0.6) is 0 Å². The van der Waals surface area contributed by atoms with E-state index in [1.807, 2.05) is 19.9 Å². The van der Waals surface area contributed by atoms with Crippen LogP contribution in [-0.2, 0) is 0 Å². The minimum absolute atomic E-state index is 0.163. The van der Waals surface area contributed by atoms with E-state index in [0.717, 1.165) is 0 Å². The molecule has 1 heterocycles. The molecule has 7 heteroatoms. The number of rotatable bonds is 4. The molecule has 3 rings (SSSR count). The lowest BCUT2D eigenvalue weighted by atomic mass is 10.1. The molecular weight excluding hydrogens is 344 g/mol. The van der Waals surface area contributed by atoms with Gasteiger partial charge in [0.15, 0.2) is 0 Å². The number of amides is 4. The first-order valence-corrected chi connectivity index (χ1v) is 8.48. The normalized spacial score (nSPS) is 12.7. The van der Waals surface area contributed by atoms with Crippen molar-refractivity contribution in [2.75, 3.05) is 17.2 Å². The summed E-state index contributed by atoms with van der Waals surface area (Å²) in [5.41, 5.74) is 1.71. The Morgan fingerprint density at radius 2 is 1.78 bits per heavy atom. The number of para-hydroxylation sites is 1. The molecule has 136 valence electrons. The van der Waals surface area contributed by atoms with Crippen LogP contribution in [0.15, 0.2) is 42.5 Å². The van der Waals surface area contributed by atoms with Gasteiger partial charge >= 0.3 is 6.03 Å². The first-order chi connectivity index (χ1) is 12.9. The second-order valence-corrected chi connectivity index (χ2v) is 6.61. The fourth-order valence-electron chi connectivity index (χ4n) is 2.87. The maximum Gasteiger partial charge on any atom is 0.323 e. The van der Waals surface area contributed by atoms with Gasteiger partial charge in [0.05, 0.1) is 22.4 Å². The number of benzene rings is 2. The molecule has 4 amide bonds. The summed E-state index contributed by atoms with van der Waals surface area (Å²) in [6, 6.07) is 12.7. The number of carbonyl (C=O) groups excluding carboxylic acids is 3. The number of fused-ring (bicyclic) bond motifs is 1. The molecule has 2 aromatic rings. The Kier molecular flexibility index (Phi) is 4.90. The number of carbonyl (C=O) groups is 3. The van der Waals surface area contributed by atoms with E-state index >= 15 is 0 Å². The van der Waals surface area contributed by atoms with Crippen molar-refractivity contribution in [3.63, 3.8) is 0 Å². The van der Waals surface area contributed by atoms with Crippen molar-refractivity contribution < 1.29 is 14.4 Å². The average Bonchev–Trinajstić information content (AvgIpc) is 2.86. The van der Waals surface area contributed by atoms with Crippen molar-refractivity contribution in [2.24, 2.45) is 5.92 Å². The molecule has 0 fully saturated rings. The topological polar surface area (TPSA) is 102 Å². The largest absolute Gasteiger partial charge is 0.323 e. The second kappa shape index (κ2) is 7.30. The summed E-state index contributed by atoms with van der Waals surface area (Å²) in [7, 11) is 0. The molecule has 0 unspecified atom stereocenters. The molecule has 0 atom stereocenters. The Hall–Kier alpha value is -3.66. The number of imide groups is 1. The molecule has 7 nitrogen and oxygen atoms in total. The second-order valence-electron chi connectivity index (χ2n) is 6.61. The molecule has 0 saturated heterocycles. The van der Waals surface area contributed by atoms with Crippen molar-refractivity contribution in [3.05, 3.63) is 59.2 Å². The molecule has 2 N–H and O–H groups in total. The Morgan fingerprint density at radius 1 is 1.07 bits per heavy atom. The zero-order valence-corrected chi connectivity index (χ0v) is 14.9. The zero-order valence-electron chi connectivity index (χ0n) is 14.9. The summed E-state index contributed by atoms with van der Waals surface area (Å²) in [6.45, 7) is 4.21. The minimum atomic E-state index is -0.548. The van der Waals surface area contributed by atoms with Gasteiger partial charge in [-0.1, -0.05) is 26.0 Å². The van der Waals surface area contributed by atoms with Crippen molar-refractivity contribution >= 4 is 29.2 Å². The van der Waals surface area contributed by atoms with Gasteiger partial charge in [-0.3, -0.25) is 14.5 Å². The molecule has 2 aromatic carbocycles. The monoisotopic (exact) mass is 362 g/mol. The van der Waals surface area contributed by atoms with E-state index in [2.05, 4.69) is 10.6 Å². The standard InChI is InChI=1S/C20H18N4O3/c1-12(2)11-24-18(25)15-8-7-14(9-16(15)19(24)26)22-20(27)23-17-6-4-3-5-13(17)10-21/h3-9,12H,11H2,1-2H3,(H2,22,23,27). The Labute approximate surface area is 156 Å². The number of nitrogens with zero attached hydrogens (tertiary/aromatic N) is 2. The Morgan fingerprint density at radius 3 is 2.48 bits per heavy atom. The number of hydrogen-bond acceptors (Lipinski definition) is 4. The third-order valence-electron chi connectivity index (χ3n) is 4.07. The van der Waals surface area contributed by atoms with Crippen molar-refractivity contribution in [2.45, 2.75) is 13.8 Å². The number of urea groups is 1. The SMILES string of the molecule is CC(C)CN1C(=O)c2ccc(NC(=O)Nc3ccccc3C#N)cc2C1=O. The van der Waals surface area contributed by atoms with Gasteiger partial charge in [-0.15, -0.1) is 0 Å². The van der Waals surface area contributed by atoms with Gasteiger partial charge in [-0.2, -0.15) is 5.26 Å². The van der Waals surface area contributed by atoms with Crippen LogP contribution < -0.4 is 10.6 Å². The maximum atomic E-state index is 12.5. The van der Waals surface area contributed by atoms with Crippen LogP contribution >= 0.6 is 0 Å². The van der Waals surface area contributed by atoms with Crippen LogP contribution in [0.25, 0.3) is 0 Å². The average molecular weight is 362 g/mol. The van der Waals surface area contributed by atoms with Crippen LogP contribution in [0.3, 0.4) is 0 Å². The molecule has 0 bridgehead atoms. The number of nitrogens with one attached hydrogen (secondary N) is 2.